The van der Waals surface area contributed by atoms with Crippen LogP contribution in [-0.4, -0.2) is 43.0 Å². The van der Waals surface area contributed by atoms with E-state index < -0.39 is 11.8 Å². The maximum absolute atomic E-state index is 12.2. The molecular weight excluding hydrogens is 336 g/mol. The number of carbonyl (C=O) groups excluding carboxylic acids is 3. The van der Waals surface area contributed by atoms with Crippen molar-refractivity contribution in [2.45, 2.75) is 6.54 Å². The van der Waals surface area contributed by atoms with E-state index in [0.717, 1.165) is 5.56 Å². The van der Waals surface area contributed by atoms with Crippen molar-refractivity contribution in [3.05, 3.63) is 59.9 Å². The Kier molecular flexibility index (Phi) is 7.26. The first-order valence-electron chi connectivity index (χ1n) is 7.96. The number of hydrogen-bond donors (Lipinski definition) is 3. The van der Waals surface area contributed by atoms with E-state index in [0.29, 0.717) is 13.2 Å². The minimum Gasteiger partial charge on any atom is -0.383 e. The van der Waals surface area contributed by atoms with Crippen LogP contribution in [0.1, 0.15) is 15.9 Å². The Morgan fingerprint density at radius 2 is 1.73 bits per heavy atom. The molecule has 1 heterocycles. The van der Waals surface area contributed by atoms with Gasteiger partial charge in [-0.25, -0.2) is 0 Å². The molecule has 1 aromatic carbocycles. The lowest BCUT2D eigenvalue weighted by Gasteiger charge is -2.11. The SMILES string of the molecule is COCCNC(=O)c1ccccc1NC(=O)C(=O)NCc1ccncc1. The highest BCUT2D eigenvalue weighted by Gasteiger charge is 2.17. The highest BCUT2D eigenvalue weighted by atomic mass is 16.5. The second-order valence-electron chi connectivity index (χ2n) is 5.29. The van der Waals surface area contributed by atoms with Crippen molar-refractivity contribution >= 4 is 23.4 Å². The molecule has 0 spiro atoms. The lowest BCUT2D eigenvalue weighted by atomic mass is 10.1. The number of benzene rings is 1. The summed E-state index contributed by atoms with van der Waals surface area (Å²) in [5.41, 5.74) is 1.34. The summed E-state index contributed by atoms with van der Waals surface area (Å²) >= 11 is 0. The molecule has 2 aromatic rings. The summed E-state index contributed by atoms with van der Waals surface area (Å²) in [5.74, 6) is -2.01. The number of methoxy groups -OCH3 is 1. The fourth-order valence-electron chi connectivity index (χ4n) is 2.09. The zero-order valence-electron chi connectivity index (χ0n) is 14.3. The number of nitrogens with zero attached hydrogens (tertiary/aromatic N) is 1. The van der Waals surface area contributed by atoms with Crippen molar-refractivity contribution in [2.24, 2.45) is 0 Å². The topological polar surface area (TPSA) is 109 Å². The summed E-state index contributed by atoms with van der Waals surface area (Å²) in [5, 5.41) is 7.64. The van der Waals surface area contributed by atoms with E-state index in [4.69, 9.17) is 4.74 Å². The van der Waals surface area contributed by atoms with Gasteiger partial charge in [0.05, 0.1) is 17.9 Å². The molecule has 0 aliphatic carbocycles. The van der Waals surface area contributed by atoms with Crippen LogP contribution in [0.4, 0.5) is 5.69 Å². The van der Waals surface area contributed by atoms with Crippen LogP contribution in [0.3, 0.4) is 0 Å². The number of anilines is 1. The fourth-order valence-corrected chi connectivity index (χ4v) is 2.09. The second-order valence-corrected chi connectivity index (χ2v) is 5.29. The maximum Gasteiger partial charge on any atom is 0.313 e. The predicted molar refractivity (Wildman–Crippen MR) is 95.4 cm³/mol. The third-order valence-corrected chi connectivity index (χ3v) is 3.42. The molecule has 0 unspecified atom stereocenters. The van der Waals surface area contributed by atoms with E-state index in [9.17, 15) is 14.4 Å². The second kappa shape index (κ2) is 9.90. The molecular formula is C18H20N4O4. The number of carbonyl (C=O) groups is 3. The normalized spacial score (nSPS) is 10.0. The summed E-state index contributed by atoms with van der Waals surface area (Å²) in [6.45, 7) is 0.912. The molecule has 136 valence electrons. The zero-order valence-corrected chi connectivity index (χ0v) is 14.3. The van der Waals surface area contributed by atoms with Crippen molar-refractivity contribution in [1.82, 2.24) is 15.6 Å². The van der Waals surface area contributed by atoms with Crippen LogP contribution in [-0.2, 0) is 20.9 Å². The van der Waals surface area contributed by atoms with Crippen LogP contribution in [0, 0.1) is 0 Å². The Balaban J connectivity index is 1.95. The number of rotatable bonds is 7. The highest BCUT2D eigenvalue weighted by Crippen LogP contribution is 2.14. The summed E-state index contributed by atoms with van der Waals surface area (Å²) in [6, 6.07) is 9.92. The van der Waals surface area contributed by atoms with Crippen molar-refractivity contribution in [3.63, 3.8) is 0 Å². The van der Waals surface area contributed by atoms with Gasteiger partial charge in [-0.2, -0.15) is 0 Å². The number of nitrogens with one attached hydrogen (secondary N) is 3. The van der Waals surface area contributed by atoms with Gasteiger partial charge in [-0.15, -0.1) is 0 Å². The van der Waals surface area contributed by atoms with E-state index in [2.05, 4.69) is 20.9 Å². The van der Waals surface area contributed by atoms with Crippen molar-refractivity contribution in [2.75, 3.05) is 25.6 Å². The van der Waals surface area contributed by atoms with E-state index in [1.165, 1.54) is 7.11 Å². The Bertz CT molecular complexity index is 765. The maximum atomic E-state index is 12.2. The quantitative estimate of drug-likeness (QED) is 0.500. The minimum absolute atomic E-state index is 0.202. The van der Waals surface area contributed by atoms with Crippen LogP contribution >= 0.6 is 0 Å². The monoisotopic (exact) mass is 356 g/mol. The Hall–Kier alpha value is -3.26. The molecule has 0 atom stereocenters. The average Bonchev–Trinajstić information content (AvgIpc) is 2.67. The Labute approximate surface area is 151 Å². The van der Waals surface area contributed by atoms with Crippen LogP contribution in [0.15, 0.2) is 48.8 Å². The third-order valence-electron chi connectivity index (χ3n) is 3.42. The van der Waals surface area contributed by atoms with Gasteiger partial charge in [0, 0.05) is 32.6 Å². The standard InChI is InChI=1S/C18H20N4O4/c1-26-11-10-20-16(23)14-4-2-3-5-15(14)22-18(25)17(24)21-12-13-6-8-19-9-7-13/h2-9H,10-12H2,1H3,(H,20,23)(H,21,24)(H,22,25). The number of aromatic nitrogens is 1. The molecule has 26 heavy (non-hydrogen) atoms. The molecule has 8 heteroatoms. The molecule has 0 radical (unpaired) electrons. The first-order valence-corrected chi connectivity index (χ1v) is 7.96. The molecule has 3 N–H and O–H groups in total. The molecule has 2 rings (SSSR count). The largest absolute Gasteiger partial charge is 0.383 e. The molecule has 1 aromatic heterocycles. The van der Waals surface area contributed by atoms with E-state index in [1.807, 2.05) is 0 Å². The Morgan fingerprint density at radius 3 is 2.46 bits per heavy atom. The lowest BCUT2D eigenvalue weighted by Crippen LogP contribution is -2.35. The van der Waals surface area contributed by atoms with E-state index in [1.54, 1.807) is 48.8 Å². The summed E-state index contributed by atoms with van der Waals surface area (Å²) < 4.78 is 4.88. The van der Waals surface area contributed by atoms with E-state index >= 15 is 0 Å². The predicted octanol–water partition coefficient (Wildman–Crippen LogP) is 0.713. The van der Waals surface area contributed by atoms with Gasteiger partial charge in [-0.1, -0.05) is 12.1 Å². The zero-order chi connectivity index (χ0) is 18.8. The van der Waals surface area contributed by atoms with Crippen molar-refractivity contribution in [1.29, 1.82) is 0 Å². The first kappa shape index (κ1) is 19.1. The number of amides is 3. The van der Waals surface area contributed by atoms with Gasteiger partial charge in [0.15, 0.2) is 0 Å². The average molecular weight is 356 g/mol. The lowest BCUT2D eigenvalue weighted by molar-refractivity contribution is -0.136. The minimum atomic E-state index is -0.851. The molecule has 0 saturated heterocycles. The molecule has 0 saturated carbocycles. The van der Waals surface area contributed by atoms with Crippen molar-refractivity contribution in [3.8, 4) is 0 Å². The molecule has 0 fully saturated rings. The third kappa shape index (κ3) is 5.67. The molecule has 8 nitrogen and oxygen atoms in total. The summed E-state index contributed by atoms with van der Waals surface area (Å²) in [7, 11) is 1.53. The number of ether oxygens (including phenoxy) is 1. The van der Waals surface area contributed by atoms with Crippen LogP contribution in [0.25, 0.3) is 0 Å². The van der Waals surface area contributed by atoms with Crippen molar-refractivity contribution < 1.29 is 19.1 Å². The highest BCUT2D eigenvalue weighted by molar-refractivity contribution is 6.40. The summed E-state index contributed by atoms with van der Waals surface area (Å²) in [4.78, 5) is 40.1. The van der Waals surface area contributed by atoms with Crippen LogP contribution in [0.2, 0.25) is 0 Å². The van der Waals surface area contributed by atoms with Gasteiger partial charge >= 0.3 is 11.8 Å². The molecule has 0 bridgehead atoms. The molecule has 0 aliphatic heterocycles. The van der Waals surface area contributed by atoms with Gasteiger partial charge in [0.2, 0.25) is 0 Å². The fraction of sp³-hybridized carbons (Fsp3) is 0.222. The number of hydrogen-bond acceptors (Lipinski definition) is 5. The van der Waals surface area contributed by atoms with Gasteiger partial charge in [0.1, 0.15) is 0 Å². The van der Waals surface area contributed by atoms with Gasteiger partial charge in [-0.05, 0) is 29.8 Å². The molecule has 0 aliphatic rings. The van der Waals surface area contributed by atoms with Gasteiger partial charge in [0.25, 0.3) is 5.91 Å². The van der Waals surface area contributed by atoms with Crippen LogP contribution < -0.4 is 16.0 Å². The molecule has 3 amide bonds. The number of pyridine rings is 1. The summed E-state index contributed by atoms with van der Waals surface area (Å²) in [6.07, 6.45) is 3.19. The van der Waals surface area contributed by atoms with Gasteiger partial charge < -0.3 is 20.7 Å². The first-order chi connectivity index (χ1) is 12.6. The Morgan fingerprint density at radius 1 is 1.00 bits per heavy atom. The van der Waals surface area contributed by atoms with Gasteiger partial charge in [-0.3, -0.25) is 19.4 Å². The number of para-hydroxylation sites is 1. The smallest absolute Gasteiger partial charge is 0.313 e. The van der Waals surface area contributed by atoms with Crippen LogP contribution in [0.5, 0.6) is 0 Å². The van der Waals surface area contributed by atoms with E-state index in [-0.39, 0.29) is 23.7 Å².